The van der Waals surface area contributed by atoms with Gasteiger partial charge in [-0.25, -0.2) is 0 Å². The Labute approximate surface area is 131 Å². The molecule has 1 aliphatic heterocycles. The Morgan fingerprint density at radius 1 is 1.00 bits per heavy atom. The van der Waals surface area contributed by atoms with Crippen LogP contribution in [-0.2, 0) is 0 Å². The summed E-state index contributed by atoms with van der Waals surface area (Å²) >= 11 is 0. The summed E-state index contributed by atoms with van der Waals surface area (Å²) in [4.78, 5) is 2.89. The highest BCUT2D eigenvalue weighted by molar-refractivity contribution is 4.96. The van der Waals surface area contributed by atoms with E-state index in [-0.39, 0.29) is 0 Å². The molecule has 5 atom stereocenters. The monoisotopic (exact) mass is 292 g/mol. The lowest BCUT2D eigenvalue weighted by atomic mass is 9.61. The highest BCUT2D eigenvalue weighted by Gasteiger charge is 2.43. The molecule has 2 aliphatic carbocycles. The number of rotatable bonds is 2. The van der Waals surface area contributed by atoms with Crippen molar-refractivity contribution >= 4 is 0 Å². The van der Waals surface area contributed by atoms with Crippen LogP contribution in [0.5, 0.6) is 0 Å². The van der Waals surface area contributed by atoms with Gasteiger partial charge in [0.15, 0.2) is 0 Å². The number of likely N-dealkylation sites (tertiary alicyclic amines) is 1. The van der Waals surface area contributed by atoms with E-state index in [1.165, 1.54) is 64.5 Å². The Balaban J connectivity index is 1.67. The highest BCUT2D eigenvalue weighted by atomic mass is 15.2. The second-order valence-corrected chi connectivity index (χ2v) is 8.80. The van der Waals surface area contributed by atoms with Crippen LogP contribution in [0, 0.1) is 23.2 Å². The molecule has 0 aromatic heterocycles. The summed E-state index contributed by atoms with van der Waals surface area (Å²) in [5, 5.41) is 0. The van der Waals surface area contributed by atoms with Gasteiger partial charge in [-0.3, -0.25) is 4.90 Å². The van der Waals surface area contributed by atoms with E-state index < -0.39 is 0 Å². The molecule has 0 amide bonds. The first-order chi connectivity index (χ1) is 10.00. The van der Waals surface area contributed by atoms with Crippen molar-refractivity contribution in [1.29, 1.82) is 0 Å². The molecule has 0 aromatic rings. The van der Waals surface area contributed by atoms with Gasteiger partial charge in [0.2, 0.25) is 0 Å². The van der Waals surface area contributed by atoms with Crippen LogP contribution in [-0.4, -0.2) is 30.1 Å². The molecule has 1 saturated heterocycles. The number of piperidine rings is 1. The third-order valence-electron chi connectivity index (χ3n) is 7.53. The van der Waals surface area contributed by atoms with Gasteiger partial charge in [-0.05, 0) is 68.2 Å². The standard InChI is InChI=1S/C19H36N2/c1-14-17(20)11-10-16(19(14,2)3)13-21-12-6-8-15-7-4-5-9-18(15)21/h14-18H,4-13,20H2,1-3H3. The number of nitrogens with zero attached hydrogens (tertiary/aromatic N) is 1. The molecule has 1 heterocycles. The fourth-order valence-electron chi connectivity index (χ4n) is 5.50. The summed E-state index contributed by atoms with van der Waals surface area (Å²) in [7, 11) is 0. The maximum atomic E-state index is 6.34. The molecule has 0 radical (unpaired) electrons. The van der Waals surface area contributed by atoms with Gasteiger partial charge < -0.3 is 5.73 Å². The molecule has 0 spiro atoms. The van der Waals surface area contributed by atoms with E-state index in [0.29, 0.717) is 17.4 Å². The van der Waals surface area contributed by atoms with Crippen LogP contribution in [0.15, 0.2) is 0 Å². The predicted molar refractivity (Wildman–Crippen MR) is 90.2 cm³/mol. The van der Waals surface area contributed by atoms with Crippen molar-refractivity contribution in [3.8, 4) is 0 Å². The zero-order valence-corrected chi connectivity index (χ0v) is 14.5. The molecule has 21 heavy (non-hydrogen) atoms. The maximum absolute atomic E-state index is 6.34. The molecule has 3 fully saturated rings. The van der Waals surface area contributed by atoms with E-state index in [1.807, 2.05) is 0 Å². The predicted octanol–water partition coefficient (Wildman–Crippen LogP) is 4.04. The molecular formula is C19H36N2. The quantitative estimate of drug-likeness (QED) is 0.832. The third-order valence-corrected chi connectivity index (χ3v) is 7.53. The van der Waals surface area contributed by atoms with E-state index in [1.54, 1.807) is 0 Å². The van der Waals surface area contributed by atoms with Crippen molar-refractivity contribution in [2.24, 2.45) is 28.9 Å². The van der Waals surface area contributed by atoms with E-state index >= 15 is 0 Å². The Bertz CT molecular complexity index is 349. The van der Waals surface area contributed by atoms with Crippen LogP contribution >= 0.6 is 0 Å². The van der Waals surface area contributed by atoms with Crippen LogP contribution in [0.1, 0.15) is 72.1 Å². The average molecular weight is 293 g/mol. The molecule has 0 bridgehead atoms. The maximum Gasteiger partial charge on any atom is 0.0124 e. The van der Waals surface area contributed by atoms with E-state index in [4.69, 9.17) is 5.73 Å². The lowest BCUT2D eigenvalue weighted by Gasteiger charge is -2.51. The zero-order valence-electron chi connectivity index (χ0n) is 14.5. The second kappa shape index (κ2) is 6.20. The number of hydrogen-bond acceptors (Lipinski definition) is 2. The van der Waals surface area contributed by atoms with Crippen molar-refractivity contribution in [3.63, 3.8) is 0 Å². The first-order valence-electron chi connectivity index (χ1n) is 9.49. The molecule has 2 nitrogen and oxygen atoms in total. The minimum atomic E-state index is 0.402. The SMILES string of the molecule is CC1C(N)CCC(CN2CCCC3CCCCC32)C1(C)C. The summed E-state index contributed by atoms with van der Waals surface area (Å²) in [5.41, 5.74) is 6.74. The average Bonchev–Trinajstić information content (AvgIpc) is 2.48. The Kier molecular flexibility index (Phi) is 4.66. The molecule has 122 valence electrons. The summed E-state index contributed by atoms with van der Waals surface area (Å²) in [5.74, 6) is 2.51. The van der Waals surface area contributed by atoms with E-state index in [2.05, 4.69) is 25.7 Å². The van der Waals surface area contributed by atoms with Gasteiger partial charge in [0.25, 0.3) is 0 Å². The van der Waals surface area contributed by atoms with Gasteiger partial charge in [0.1, 0.15) is 0 Å². The lowest BCUT2D eigenvalue weighted by molar-refractivity contribution is -0.0114. The molecule has 2 heteroatoms. The van der Waals surface area contributed by atoms with Gasteiger partial charge in [-0.15, -0.1) is 0 Å². The number of fused-ring (bicyclic) bond motifs is 1. The molecular weight excluding hydrogens is 256 g/mol. The van der Waals surface area contributed by atoms with Crippen LogP contribution < -0.4 is 5.73 Å². The van der Waals surface area contributed by atoms with Crippen molar-refractivity contribution in [2.75, 3.05) is 13.1 Å². The first-order valence-corrected chi connectivity index (χ1v) is 9.49. The summed E-state index contributed by atoms with van der Waals surface area (Å²) in [6, 6.07) is 1.33. The smallest absolute Gasteiger partial charge is 0.0124 e. The summed E-state index contributed by atoms with van der Waals surface area (Å²) in [6.45, 7) is 10.0. The second-order valence-electron chi connectivity index (χ2n) is 8.80. The van der Waals surface area contributed by atoms with Crippen molar-refractivity contribution in [1.82, 2.24) is 4.90 Å². The van der Waals surface area contributed by atoms with Crippen LogP contribution in [0.2, 0.25) is 0 Å². The molecule has 2 saturated carbocycles. The zero-order chi connectivity index (χ0) is 15.0. The van der Waals surface area contributed by atoms with Crippen molar-refractivity contribution in [2.45, 2.75) is 84.2 Å². The Morgan fingerprint density at radius 2 is 1.71 bits per heavy atom. The van der Waals surface area contributed by atoms with Crippen LogP contribution in [0.4, 0.5) is 0 Å². The van der Waals surface area contributed by atoms with E-state index in [0.717, 1.165) is 17.9 Å². The largest absolute Gasteiger partial charge is 0.327 e. The molecule has 0 aromatic carbocycles. The minimum absolute atomic E-state index is 0.402. The number of nitrogens with two attached hydrogens (primary N) is 1. The van der Waals surface area contributed by atoms with Gasteiger partial charge in [0, 0.05) is 18.6 Å². The van der Waals surface area contributed by atoms with Gasteiger partial charge in [-0.1, -0.05) is 33.6 Å². The summed E-state index contributed by atoms with van der Waals surface area (Å²) in [6.07, 6.45) is 11.4. The van der Waals surface area contributed by atoms with Crippen LogP contribution in [0.3, 0.4) is 0 Å². The highest BCUT2D eigenvalue weighted by Crippen LogP contribution is 2.46. The normalized spacial score (nSPS) is 44.3. The summed E-state index contributed by atoms with van der Waals surface area (Å²) < 4.78 is 0. The number of hydrogen-bond donors (Lipinski definition) is 1. The molecule has 5 unspecified atom stereocenters. The van der Waals surface area contributed by atoms with Crippen molar-refractivity contribution in [3.05, 3.63) is 0 Å². The minimum Gasteiger partial charge on any atom is -0.327 e. The molecule has 3 rings (SSSR count). The third kappa shape index (κ3) is 3.03. The van der Waals surface area contributed by atoms with E-state index in [9.17, 15) is 0 Å². The lowest BCUT2D eigenvalue weighted by Crippen LogP contribution is -2.54. The fraction of sp³-hybridized carbons (Fsp3) is 1.00. The Morgan fingerprint density at radius 3 is 2.52 bits per heavy atom. The van der Waals surface area contributed by atoms with Crippen molar-refractivity contribution < 1.29 is 0 Å². The molecule has 2 N–H and O–H groups in total. The van der Waals surface area contributed by atoms with Gasteiger partial charge >= 0.3 is 0 Å². The Hall–Kier alpha value is -0.0800. The first kappa shape index (κ1) is 15.8. The molecule has 3 aliphatic rings. The van der Waals surface area contributed by atoms with Gasteiger partial charge in [-0.2, -0.15) is 0 Å². The fourth-order valence-corrected chi connectivity index (χ4v) is 5.50. The van der Waals surface area contributed by atoms with Crippen LogP contribution in [0.25, 0.3) is 0 Å². The topological polar surface area (TPSA) is 29.3 Å². The van der Waals surface area contributed by atoms with Gasteiger partial charge in [0.05, 0.1) is 0 Å².